The molecule has 0 aliphatic carbocycles. The predicted molar refractivity (Wildman–Crippen MR) is 89.8 cm³/mol. The SMILES string of the molecule is CCCC(=O)N1CCCC1C(=O)N1CCC(N)C(C)(C)C1.Cl. The molecule has 5 nitrogen and oxygen atoms in total. The van der Waals surface area contributed by atoms with Crippen molar-refractivity contribution in [2.45, 2.75) is 65.0 Å². The molecule has 2 aliphatic rings. The minimum Gasteiger partial charge on any atom is -0.340 e. The van der Waals surface area contributed by atoms with E-state index in [-0.39, 0.29) is 41.7 Å². The van der Waals surface area contributed by atoms with Crippen molar-refractivity contribution in [3.8, 4) is 0 Å². The maximum atomic E-state index is 12.8. The number of halogens is 1. The van der Waals surface area contributed by atoms with Crippen LogP contribution in [0.15, 0.2) is 0 Å². The first-order valence-electron chi connectivity index (χ1n) is 8.20. The Kier molecular flexibility index (Phi) is 6.68. The fourth-order valence-electron chi connectivity index (χ4n) is 3.45. The molecule has 2 fully saturated rings. The molecule has 0 bridgehead atoms. The van der Waals surface area contributed by atoms with Crippen molar-refractivity contribution >= 4 is 24.2 Å². The number of hydrogen-bond acceptors (Lipinski definition) is 3. The van der Waals surface area contributed by atoms with Crippen LogP contribution in [0.1, 0.15) is 52.9 Å². The Hall–Kier alpha value is -0.810. The van der Waals surface area contributed by atoms with Gasteiger partial charge in [-0.2, -0.15) is 0 Å². The highest BCUT2D eigenvalue weighted by Crippen LogP contribution is 2.30. The van der Waals surface area contributed by atoms with Crippen molar-refractivity contribution in [3.05, 3.63) is 0 Å². The molecule has 2 heterocycles. The summed E-state index contributed by atoms with van der Waals surface area (Å²) in [5.74, 6) is 0.248. The van der Waals surface area contributed by atoms with Crippen LogP contribution in [0.25, 0.3) is 0 Å². The molecule has 22 heavy (non-hydrogen) atoms. The molecule has 0 aromatic heterocycles. The summed E-state index contributed by atoms with van der Waals surface area (Å²) < 4.78 is 0. The summed E-state index contributed by atoms with van der Waals surface area (Å²) in [5.41, 5.74) is 6.09. The van der Waals surface area contributed by atoms with E-state index >= 15 is 0 Å². The Labute approximate surface area is 140 Å². The second-order valence-corrected chi connectivity index (χ2v) is 7.14. The van der Waals surface area contributed by atoms with E-state index in [2.05, 4.69) is 13.8 Å². The third kappa shape index (κ3) is 3.93. The summed E-state index contributed by atoms with van der Waals surface area (Å²) in [6.45, 7) is 8.37. The lowest BCUT2D eigenvalue weighted by molar-refractivity contribution is -0.146. The summed E-state index contributed by atoms with van der Waals surface area (Å²) in [4.78, 5) is 28.7. The number of rotatable bonds is 3. The maximum absolute atomic E-state index is 12.8. The molecule has 0 aromatic carbocycles. The van der Waals surface area contributed by atoms with Crippen LogP contribution in [0.3, 0.4) is 0 Å². The van der Waals surface area contributed by atoms with E-state index in [1.807, 2.05) is 11.8 Å². The minimum absolute atomic E-state index is 0. The lowest BCUT2D eigenvalue weighted by Gasteiger charge is -2.44. The number of nitrogens with zero attached hydrogens (tertiary/aromatic N) is 2. The maximum Gasteiger partial charge on any atom is 0.245 e. The second-order valence-electron chi connectivity index (χ2n) is 7.14. The summed E-state index contributed by atoms with van der Waals surface area (Å²) in [5, 5.41) is 0. The highest BCUT2D eigenvalue weighted by atomic mass is 35.5. The highest BCUT2D eigenvalue weighted by molar-refractivity contribution is 5.88. The van der Waals surface area contributed by atoms with Crippen LogP contribution in [0, 0.1) is 5.41 Å². The first-order chi connectivity index (χ1) is 9.86. The molecule has 0 aromatic rings. The lowest BCUT2D eigenvalue weighted by Crippen LogP contribution is -2.57. The number of piperidine rings is 1. The number of nitrogens with two attached hydrogens (primary N) is 1. The van der Waals surface area contributed by atoms with E-state index in [4.69, 9.17) is 5.73 Å². The van der Waals surface area contributed by atoms with Gasteiger partial charge in [0.25, 0.3) is 0 Å². The zero-order valence-electron chi connectivity index (χ0n) is 14.0. The van der Waals surface area contributed by atoms with E-state index in [1.54, 1.807) is 4.90 Å². The van der Waals surface area contributed by atoms with Crippen LogP contribution in [0.2, 0.25) is 0 Å². The third-order valence-electron chi connectivity index (χ3n) is 4.95. The van der Waals surface area contributed by atoms with Crippen LogP contribution in [-0.4, -0.2) is 53.3 Å². The average molecular weight is 332 g/mol. The first-order valence-corrected chi connectivity index (χ1v) is 8.20. The largest absolute Gasteiger partial charge is 0.340 e. The molecule has 2 amide bonds. The Morgan fingerprint density at radius 1 is 1.23 bits per heavy atom. The number of amides is 2. The molecular formula is C16H30ClN3O2. The molecule has 6 heteroatoms. The van der Waals surface area contributed by atoms with E-state index in [0.29, 0.717) is 13.0 Å². The molecule has 2 rings (SSSR count). The monoisotopic (exact) mass is 331 g/mol. The van der Waals surface area contributed by atoms with Crippen LogP contribution < -0.4 is 5.73 Å². The number of carbonyl (C=O) groups is 2. The van der Waals surface area contributed by atoms with Crippen molar-refractivity contribution in [2.75, 3.05) is 19.6 Å². The van der Waals surface area contributed by atoms with Crippen LogP contribution in [-0.2, 0) is 9.59 Å². The average Bonchev–Trinajstić information content (AvgIpc) is 2.90. The van der Waals surface area contributed by atoms with Gasteiger partial charge in [-0.25, -0.2) is 0 Å². The zero-order valence-corrected chi connectivity index (χ0v) is 14.8. The number of carbonyl (C=O) groups excluding carboxylic acids is 2. The molecular weight excluding hydrogens is 302 g/mol. The van der Waals surface area contributed by atoms with Gasteiger partial charge in [-0.1, -0.05) is 20.8 Å². The van der Waals surface area contributed by atoms with Crippen LogP contribution >= 0.6 is 12.4 Å². The summed E-state index contributed by atoms with van der Waals surface area (Å²) >= 11 is 0. The second kappa shape index (κ2) is 7.64. The standard InChI is InChI=1S/C16H29N3O2.ClH/c1-4-6-14(20)19-9-5-7-12(19)15(21)18-10-8-13(17)16(2,3)11-18;/h12-13H,4-11,17H2,1-3H3;1H. The Bertz CT molecular complexity index is 414. The molecule has 0 spiro atoms. The van der Waals surface area contributed by atoms with Crippen molar-refractivity contribution < 1.29 is 9.59 Å². The smallest absolute Gasteiger partial charge is 0.245 e. The number of likely N-dealkylation sites (tertiary alicyclic amines) is 2. The quantitative estimate of drug-likeness (QED) is 0.857. The van der Waals surface area contributed by atoms with E-state index in [9.17, 15) is 9.59 Å². The molecule has 2 N–H and O–H groups in total. The molecule has 2 unspecified atom stereocenters. The van der Waals surface area contributed by atoms with Crippen molar-refractivity contribution in [1.82, 2.24) is 9.80 Å². The van der Waals surface area contributed by atoms with Gasteiger partial charge >= 0.3 is 0 Å². The van der Waals surface area contributed by atoms with Crippen LogP contribution in [0.5, 0.6) is 0 Å². The van der Waals surface area contributed by atoms with Crippen molar-refractivity contribution in [1.29, 1.82) is 0 Å². The normalized spacial score (nSPS) is 27.5. The van der Waals surface area contributed by atoms with E-state index < -0.39 is 0 Å². The van der Waals surface area contributed by atoms with Crippen molar-refractivity contribution in [2.24, 2.45) is 11.1 Å². The fourth-order valence-corrected chi connectivity index (χ4v) is 3.45. The minimum atomic E-state index is -0.242. The Morgan fingerprint density at radius 2 is 1.91 bits per heavy atom. The molecule has 2 atom stereocenters. The third-order valence-corrected chi connectivity index (χ3v) is 4.95. The molecule has 0 radical (unpaired) electrons. The van der Waals surface area contributed by atoms with Gasteiger partial charge in [-0.15, -0.1) is 12.4 Å². The van der Waals surface area contributed by atoms with Gasteiger partial charge in [0.2, 0.25) is 11.8 Å². The lowest BCUT2D eigenvalue weighted by atomic mass is 9.79. The Morgan fingerprint density at radius 3 is 2.50 bits per heavy atom. The topological polar surface area (TPSA) is 66.6 Å². The molecule has 0 saturated carbocycles. The fraction of sp³-hybridized carbons (Fsp3) is 0.875. The molecule has 2 aliphatic heterocycles. The van der Waals surface area contributed by atoms with Gasteiger partial charge in [0, 0.05) is 32.1 Å². The summed E-state index contributed by atoms with van der Waals surface area (Å²) in [6, 6.07) is -0.0999. The van der Waals surface area contributed by atoms with E-state index in [0.717, 1.165) is 38.8 Å². The summed E-state index contributed by atoms with van der Waals surface area (Å²) in [7, 11) is 0. The number of hydrogen-bond donors (Lipinski definition) is 1. The van der Waals surface area contributed by atoms with Gasteiger partial charge < -0.3 is 15.5 Å². The zero-order chi connectivity index (χ0) is 15.6. The van der Waals surface area contributed by atoms with Gasteiger partial charge in [0.05, 0.1) is 0 Å². The van der Waals surface area contributed by atoms with Crippen molar-refractivity contribution in [3.63, 3.8) is 0 Å². The predicted octanol–water partition coefficient (Wildman–Crippen LogP) is 1.79. The highest BCUT2D eigenvalue weighted by Gasteiger charge is 2.40. The molecule has 2 saturated heterocycles. The Balaban J connectivity index is 0.00000242. The van der Waals surface area contributed by atoms with Gasteiger partial charge in [0.1, 0.15) is 6.04 Å². The molecule has 128 valence electrons. The first kappa shape index (κ1) is 19.2. The van der Waals surface area contributed by atoms with E-state index in [1.165, 1.54) is 0 Å². The van der Waals surface area contributed by atoms with Crippen LogP contribution in [0.4, 0.5) is 0 Å². The van der Waals surface area contributed by atoms with Gasteiger partial charge in [-0.05, 0) is 31.1 Å². The van der Waals surface area contributed by atoms with Gasteiger partial charge in [-0.3, -0.25) is 9.59 Å². The van der Waals surface area contributed by atoms with Gasteiger partial charge in [0.15, 0.2) is 0 Å². The summed E-state index contributed by atoms with van der Waals surface area (Å²) in [6.07, 6.45) is 3.95.